The Balaban J connectivity index is 1.52. The highest BCUT2D eigenvalue weighted by molar-refractivity contribution is 5.79. The van der Waals surface area contributed by atoms with Crippen molar-refractivity contribution in [1.29, 1.82) is 0 Å². The Morgan fingerprint density at radius 3 is 0.533 bits per heavy atom. The highest BCUT2D eigenvalue weighted by atomic mass is 15.4. The molecular formula is C39H30N6. The van der Waals surface area contributed by atoms with E-state index in [0.717, 1.165) is 34.1 Å². The topological polar surface area (TPSA) is 48.4 Å². The predicted octanol–water partition coefficient (Wildman–Crippen LogP) is 10.3. The van der Waals surface area contributed by atoms with Crippen molar-refractivity contribution in [2.45, 2.75) is 0 Å². The summed E-state index contributed by atoms with van der Waals surface area (Å²) in [7, 11) is 0. The normalized spacial score (nSPS) is 10.7. The van der Waals surface area contributed by atoms with Gasteiger partial charge in [-0.1, -0.05) is 109 Å². The van der Waals surface area contributed by atoms with Crippen molar-refractivity contribution in [1.82, 2.24) is 15.0 Å². The van der Waals surface area contributed by atoms with E-state index in [9.17, 15) is 0 Å². The van der Waals surface area contributed by atoms with E-state index in [-0.39, 0.29) is 0 Å². The van der Waals surface area contributed by atoms with Gasteiger partial charge in [-0.3, -0.25) is 14.7 Å². The molecule has 0 bridgehead atoms. The summed E-state index contributed by atoms with van der Waals surface area (Å²) in [5.41, 5.74) is 5.60. The SMILES string of the molecule is c1ccc(N(c2ccccc2)c2nc(N(c3ccccc3)c3ccccc3)nc(N(c3ccccc3)c3ccccc3)n2)cc1. The van der Waals surface area contributed by atoms with Gasteiger partial charge in [0.25, 0.3) is 0 Å². The highest BCUT2D eigenvalue weighted by Gasteiger charge is 2.25. The second kappa shape index (κ2) is 12.9. The van der Waals surface area contributed by atoms with Crippen molar-refractivity contribution in [3.05, 3.63) is 182 Å². The lowest BCUT2D eigenvalue weighted by molar-refractivity contribution is 0.962. The maximum absolute atomic E-state index is 5.21. The molecule has 0 unspecified atom stereocenters. The molecule has 0 spiro atoms. The minimum absolute atomic E-state index is 0.487. The van der Waals surface area contributed by atoms with Gasteiger partial charge in [-0.2, -0.15) is 15.0 Å². The monoisotopic (exact) mass is 582 g/mol. The Morgan fingerprint density at radius 2 is 0.378 bits per heavy atom. The fourth-order valence-corrected chi connectivity index (χ4v) is 5.25. The Labute approximate surface area is 263 Å². The van der Waals surface area contributed by atoms with Crippen molar-refractivity contribution in [3.63, 3.8) is 0 Å². The summed E-state index contributed by atoms with van der Waals surface area (Å²) in [5, 5.41) is 0. The number of aromatic nitrogens is 3. The summed E-state index contributed by atoms with van der Waals surface area (Å²) < 4.78 is 0. The molecule has 6 heteroatoms. The fourth-order valence-electron chi connectivity index (χ4n) is 5.25. The average Bonchev–Trinajstić information content (AvgIpc) is 3.12. The van der Waals surface area contributed by atoms with Gasteiger partial charge in [0, 0.05) is 34.1 Å². The molecule has 6 aromatic carbocycles. The lowest BCUT2D eigenvalue weighted by atomic mass is 10.2. The smallest absolute Gasteiger partial charge is 0.241 e. The van der Waals surface area contributed by atoms with Crippen LogP contribution >= 0.6 is 0 Å². The lowest BCUT2D eigenvalue weighted by Gasteiger charge is -2.29. The third-order valence-electron chi connectivity index (χ3n) is 7.29. The highest BCUT2D eigenvalue weighted by Crippen LogP contribution is 2.40. The third kappa shape index (κ3) is 5.98. The molecule has 216 valence electrons. The molecule has 0 atom stereocenters. The zero-order chi connectivity index (χ0) is 30.3. The van der Waals surface area contributed by atoms with Gasteiger partial charge in [0.05, 0.1) is 0 Å². The molecule has 0 aliphatic rings. The van der Waals surface area contributed by atoms with E-state index in [1.54, 1.807) is 0 Å². The van der Waals surface area contributed by atoms with Crippen LogP contribution in [0.15, 0.2) is 182 Å². The number of rotatable bonds is 9. The summed E-state index contributed by atoms with van der Waals surface area (Å²) in [6.45, 7) is 0. The van der Waals surface area contributed by atoms with E-state index in [1.165, 1.54) is 0 Å². The van der Waals surface area contributed by atoms with E-state index >= 15 is 0 Å². The van der Waals surface area contributed by atoms with Gasteiger partial charge in [0.2, 0.25) is 17.8 Å². The van der Waals surface area contributed by atoms with Crippen molar-refractivity contribution in [3.8, 4) is 0 Å². The van der Waals surface area contributed by atoms with Crippen LogP contribution in [0.2, 0.25) is 0 Å². The van der Waals surface area contributed by atoms with Gasteiger partial charge in [-0.25, -0.2) is 0 Å². The lowest BCUT2D eigenvalue weighted by Crippen LogP contribution is -2.22. The summed E-state index contributed by atoms with van der Waals surface area (Å²) in [4.78, 5) is 21.8. The molecule has 45 heavy (non-hydrogen) atoms. The predicted molar refractivity (Wildman–Crippen MR) is 184 cm³/mol. The first kappa shape index (κ1) is 27.6. The zero-order valence-electron chi connectivity index (χ0n) is 24.5. The van der Waals surface area contributed by atoms with Crippen molar-refractivity contribution < 1.29 is 0 Å². The molecular weight excluding hydrogens is 552 g/mol. The molecule has 0 fully saturated rings. The molecule has 0 aliphatic heterocycles. The molecule has 0 amide bonds. The Hall–Kier alpha value is -6.27. The van der Waals surface area contributed by atoms with E-state index in [4.69, 9.17) is 15.0 Å². The molecule has 0 radical (unpaired) electrons. The number of anilines is 9. The van der Waals surface area contributed by atoms with Gasteiger partial charge in [0.1, 0.15) is 0 Å². The average molecular weight is 583 g/mol. The molecule has 0 saturated heterocycles. The van der Waals surface area contributed by atoms with Crippen LogP contribution in [0.3, 0.4) is 0 Å². The molecule has 0 N–H and O–H groups in total. The van der Waals surface area contributed by atoms with Crippen LogP contribution in [-0.4, -0.2) is 15.0 Å². The number of nitrogens with zero attached hydrogens (tertiary/aromatic N) is 6. The van der Waals surface area contributed by atoms with E-state index in [1.807, 2.05) is 109 Å². The fraction of sp³-hybridized carbons (Fsp3) is 0. The van der Waals surface area contributed by atoms with Crippen molar-refractivity contribution >= 4 is 52.0 Å². The zero-order valence-corrected chi connectivity index (χ0v) is 24.5. The van der Waals surface area contributed by atoms with Crippen LogP contribution < -0.4 is 14.7 Å². The van der Waals surface area contributed by atoms with Gasteiger partial charge in [-0.05, 0) is 72.8 Å². The van der Waals surface area contributed by atoms with Crippen LogP contribution in [0.25, 0.3) is 0 Å². The molecule has 7 aromatic rings. The summed E-state index contributed by atoms with van der Waals surface area (Å²) in [6, 6.07) is 61.1. The van der Waals surface area contributed by atoms with Gasteiger partial charge >= 0.3 is 0 Å². The maximum Gasteiger partial charge on any atom is 0.241 e. The second-order valence-corrected chi connectivity index (χ2v) is 10.3. The first-order chi connectivity index (χ1) is 22.3. The molecule has 0 aliphatic carbocycles. The van der Waals surface area contributed by atoms with Crippen LogP contribution in [0.4, 0.5) is 52.0 Å². The quantitative estimate of drug-likeness (QED) is 0.169. The number of hydrogen-bond donors (Lipinski definition) is 0. The maximum atomic E-state index is 5.21. The Kier molecular flexibility index (Phi) is 7.92. The molecule has 6 nitrogen and oxygen atoms in total. The molecule has 1 heterocycles. The Bertz CT molecular complexity index is 1580. The summed E-state index contributed by atoms with van der Waals surface area (Å²) >= 11 is 0. The van der Waals surface area contributed by atoms with Gasteiger partial charge < -0.3 is 0 Å². The van der Waals surface area contributed by atoms with Crippen LogP contribution in [-0.2, 0) is 0 Å². The van der Waals surface area contributed by atoms with Gasteiger partial charge in [-0.15, -0.1) is 0 Å². The third-order valence-corrected chi connectivity index (χ3v) is 7.29. The molecule has 1 aromatic heterocycles. The van der Waals surface area contributed by atoms with Gasteiger partial charge in [0.15, 0.2) is 0 Å². The van der Waals surface area contributed by atoms with E-state index in [0.29, 0.717) is 17.8 Å². The minimum atomic E-state index is 0.487. The van der Waals surface area contributed by atoms with Crippen LogP contribution in [0.5, 0.6) is 0 Å². The largest absolute Gasteiger partial charge is 0.279 e. The van der Waals surface area contributed by atoms with Crippen LogP contribution in [0.1, 0.15) is 0 Å². The summed E-state index contributed by atoms with van der Waals surface area (Å²) in [6.07, 6.45) is 0. The minimum Gasteiger partial charge on any atom is -0.279 e. The standard InChI is InChI=1S/C39H30N6/c1-7-19-31(20-8-1)43(32-21-9-2-10-22-32)37-40-38(44(33-23-11-3-12-24-33)34-25-13-4-14-26-34)42-39(41-37)45(35-27-15-5-16-28-35)36-29-17-6-18-30-36/h1-30H. The number of benzene rings is 6. The van der Waals surface area contributed by atoms with E-state index in [2.05, 4.69) is 87.5 Å². The van der Waals surface area contributed by atoms with Crippen molar-refractivity contribution in [2.24, 2.45) is 0 Å². The Morgan fingerprint density at radius 1 is 0.222 bits per heavy atom. The first-order valence-electron chi connectivity index (χ1n) is 14.8. The summed E-state index contributed by atoms with van der Waals surface area (Å²) in [5.74, 6) is 1.46. The second-order valence-electron chi connectivity index (χ2n) is 10.3. The number of hydrogen-bond acceptors (Lipinski definition) is 6. The first-order valence-corrected chi connectivity index (χ1v) is 14.8. The number of para-hydroxylation sites is 6. The van der Waals surface area contributed by atoms with E-state index < -0.39 is 0 Å². The molecule has 7 rings (SSSR count). The van der Waals surface area contributed by atoms with Crippen molar-refractivity contribution in [2.75, 3.05) is 14.7 Å². The molecule has 0 saturated carbocycles. The van der Waals surface area contributed by atoms with Crippen LogP contribution in [0, 0.1) is 0 Å².